The zero-order chi connectivity index (χ0) is 20.2. The molecular weight excluding hydrogens is 378 g/mol. The predicted molar refractivity (Wildman–Crippen MR) is 94.8 cm³/mol. The minimum Gasteiger partial charge on any atom is -0.454 e. The summed E-state index contributed by atoms with van der Waals surface area (Å²) in [6.07, 6.45) is 0. The Labute approximate surface area is 155 Å². The third-order valence-corrected chi connectivity index (χ3v) is 5.29. The van der Waals surface area contributed by atoms with Gasteiger partial charge in [-0.1, -0.05) is 38.1 Å². The second-order valence-electron chi connectivity index (χ2n) is 6.11. The Morgan fingerprint density at radius 2 is 1.44 bits per heavy atom. The van der Waals surface area contributed by atoms with Crippen LogP contribution in [0.4, 0.5) is 8.78 Å². The van der Waals surface area contributed by atoms with Gasteiger partial charge in [-0.15, -0.1) is 0 Å². The number of esters is 1. The zero-order valence-corrected chi connectivity index (χ0v) is 15.5. The van der Waals surface area contributed by atoms with Gasteiger partial charge in [-0.3, -0.25) is 4.79 Å². The van der Waals surface area contributed by atoms with Gasteiger partial charge in [0, 0.05) is 5.56 Å². The van der Waals surface area contributed by atoms with Crippen LogP contribution >= 0.6 is 0 Å². The van der Waals surface area contributed by atoms with Crippen LogP contribution < -0.4 is 0 Å². The average molecular weight is 396 g/mol. The lowest BCUT2D eigenvalue weighted by atomic mass is 10.0. The average Bonchev–Trinajstić information content (AvgIpc) is 2.65. The van der Waals surface area contributed by atoms with Gasteiger partial charge in [-0.2, -0.15) is 8.78 Å². The van der Waals surface area contributed by atoms with Crippen molar-refractivity contribution in [3.63, 3.8) is 0 Å². The maximum absolute atomic E-state index is 12.5. The molecule has 0 saturated heterocycles. The number of hydrogen-bond acceptors (Lipinski definition) is 5. The monoisotopic (exact) mass is 396 g/mol. The predicted octanol–water partition coefficient (Wildman–Crippen LogP) is 3.85. The first-order valence-corrected chi connectivity index (χ1v) is 9.60. The Morgan fingerprint density at radius 1 is 0.926 bits per heavy atom. The lowest BCUT2D eigenvalue weighted by molar-refractivity contribution is 0.0474. The molecule has 0 radical (unpaired) electrons. The molecule has 0 amide bonds. The number of alkyl halides is 2. The van der Waals surface area contributed by atoms with Crippen LogP contribution in [0.2, 0.25) is 0 Å². The molecule has 0 bridgehead atoms. The third kappa shape index (κ3) is 4.97. The van der Waals surface area contributed by atoms with Gasteiger partial charge in [-0.05, 0) is 35.7 Å². The number of rotatable bonds is 7. The normalized spacial score (nSPS) is 11.6. The first-order chi connectivity index (χ1) is 12.6. The molecule has 0 heterocycles. The van der Waals surface area contributed by atoms with Crippen molar-refractivity contribution in [2.45, 2.75) is 30.4 Å². The Bertz CT molecular complexity index is 918. The molecule has 0 atom stereocenters. The van der Waals surface area contributed by atoms with Crippen molar-refractivity contribution in [1.29, 1.82) is 0 Å². The van der Waals surface area contributed by atoms with E-state index in [-0.39, 0.29) is 5.56 Å². The second-order valence-corrected chi connectivity index (χ2v) is 8.02. The van der Waals surface area contributed by atoms with Gasteiger partial charge < -0.3 is 4.74 Å². The number of halogens is 2. The number of sulfone groups is 1. The van der Waals surface area contributed by atoms with Gasteiger partial charge >= 0.3 is 11.7 Å². The van der Waals surface area contributed by atoms with Crippen LogP contribution in [-0.2, 0) is 14.6 Å². The van der Waals surface area contributed by atoms with Crippen LogP contribution in [0, 0.1) is 0 Å². The molecule has 5 nitrogen and oxygen atoms in total. The van der Waals surface area contributed by atoms with E-state index < -0.39 is 38.8 Å². The molecule has 0 saturated carbocycles. The minimum atomic E-state index is -4.73. The summed E-state index contributed by atoms with van der Waals surface area (Å²) in [6, 6.07) is 10.8. The highest BCUT2D eigenvalue weighted by Crippen LogP contribution is 2.19. The lowest BCUT2D eigenvalue weighted by Crippen LogP contribution is -2.15. The quantitative estimate of drug-likeness (QED) is 0.525. The fourth-order valence-corrected chi connectivity index (χ4v) is 2.96. The molecule has 2 aromatic rings. The molecule has 8 heteroatoms. The van der Waals surface area contributed by atoms with Gasteiger partial charge in [-0.25, -0.2) is 13.2 Å². The van der Waals surface area contributed by atoms with E-state index in [1.165, 1.54) is 0 Å². The van der Waals surface area contributed by atoms with Crippen LogP contribution in [0.25, 0.3) is 0 Å². The van der Waals surface area contributed by atoms with Crippen molar-refractivity contribution in [2.24, 2.45) is 0 Å². The Balaban J connectivity index is 2.00. The molecule has 0 N–H and O–H groups in total. The SMILES string of the molecule is CC(C)c1ccc(C(=O)COC(=O)c2ccc(S(=O)(=O)C(F)F)cc2)cc1. The van der Waals surface area contributed by atoms with Crippen molar-refractivity contribution in [3.05, 3.63) is 65.2 Å². The highest BCUT2D eigenvalue weighted by Gasteiger charge is 2.26. The summed E-state index contributed by atoms with van der Waals surface area (Å²) in [4.78, 5) is 23.4. The molecule has 0 aromatic heterocycles. The summed E-state index contributed by atoms with van der Waals surface area (Å²) >= 11 is 0. The van der Waals surface area contributed by atoms with E-state index in [1.807, 2.05) is 26.0 Å². The lowest BCUT2D eigenvalue weighted by Gasteiger charge is -2.08. The summed E-state index contributed by atoms with van der Waals surface area (Å²) in [6.45, 7) is 3.56. The number of hydrogen-bond donors (Lipinski definition) is 0. The van der Waals surface area contributed by atoms with E-state index in [4.69, 9.17) is 4.74 Å². The van der Waals surface area contributed by atoms with E-state index >= 15 is 0 Å². The number of ketones is 1. The Hall–Kier alpha value is -2.61. The van der Waals surface area contributed by atoms with Crippen molar-refractivity contribution in [2.75, 3.05) is 6.61 Å². The molecule has 0 spiro atoms. The Morgan fingerprint density at radius 3 is 1.93 bits per heavy atom. The van der Waals surface area contributed by atoms with E-state index in [9.17, 15) is 26.8 Å². The van der Waals surface area contributed by atoms with Gasteiger partial charge in [0.2, 0.25) is 9.84 Å². The second kappa shape index (κ2) is 8.39. The van der Waals surface area contributed by atoms with Crippen molar-refractivity contribution >= 4 is 21.6 Å². The van der Waals surface area contributed by atoms with E-state index in [0.29, 0.717) is 11.5 Å². The molecule has 0 aliphatic carbocycles. The first kappa shape index (κ1) is 20.7. The molecule has 0 aliphatic rings. The molecule has 0 fully saturated rings. The number of carbonyl (C=O) groups excluding carboxylic acids is 2. The summed E-state index contributed by atoms with van der Waals surface area (Å²) in [7, 11) is -4.73. The smallest absolute Gasteiger partial charge is 0.341 e. The highest BCUT2D eigenvalue weighted by molar-refractivity contribution is 7.91. The third-order valence-electron chi connectivity index (χ3n) is 3.89. The van der Waals surface area contributed by atoms with Crippen LogP contribution in [0.15, 0.2) is 53.4 Å². The number of benzene rings is 2. The number of ether oxygens (including phenoxy) is 1. The van der Waals surface area contributed by atoms with Crippen LogP contribution in [0.3, 0.4) is 0 Å². The highest BCUT2D eigenvalue weighted by atomic mass is 32.2. The maximum Gasteiger partial charge on any atom is 0.341 e. The Kier molecular flexibility index (Phi) is 6.43. The maximum atomic E-state index is 12.5. The molecule has 0 aliphatic heterocycles. The van der Waals surface area contributed by atoms with Crippen molar-refractivity contribution in [3.8, 4) is 0 Å². The van der Waals surface area contributed by atoms with E-state index in [2.05, 4.69) is 0 Å². The fraction of sp³-hybridized carbons (Fsp3) is 0.263. The van der Waals surface area contributed by atoms with Gasteiger partial charge in [0.05, 0.1) is 10.5 Å². The molecule has 2 aromatic carbocycles. The largest absolute Gasteiger partial charge is 0.454 e. The fourth-order valence-electron chi connectivity index (χ4n) is 2.24. The van der Waals surface area contributed by atoms with Crippen LogP contribution in [0.1, 0.15) is 46.0 Å². The van der Waals surface area contributed by atoms with Crippen molar-refractivity contribution < 1.29 is 31.5 Å². The molecule has 144 valence electrons. The standard InChI is InChI=1S/C19H18F2O5S/c1-12(2)13-3-5-14(6-4-13)17(22)11-26-18(23)15-7-9-16(10-8-15)27(24,25)19(20)21/h3-10,12,19H,11H2,1-2H3. The van der Waals surface area contributed by atoms with Gasteiger partial charge in [0.1, 0.15) is 0 Å². The first-order valence-electron chi connectivity index (χ1n) is 8.05. The van der Waals surface area contributed by atoms with E-state index in [0.717, 1.165) is 29.8 Å². The minimum absolute atomic E-state index is 0.0498. The molecular formula is C19H18F2O5S. The van der Waals surface area contributed by atoms with Gasteiger partial charge in [0.15, 0.2) is 12.4 Å². The van der Waals surface area contributed by atoms with Crippen LogP contribution in [0.5, 0.6) is 0 Å². The van der Waals surface area contributed by atoms with Crippen LogP contribution in [-0.4, -0.2) is 32.5 Å². The zero-order valence-electron chi connectivity index (χ0n) is 14.7. The summed E-state index contributed by atoms with van der Waals surface area (Å²) < 4.78 is 52.5. The molecule has 27 heavy (non-hydrogen) atoms. The summed E-state index contributed by atoms with van der Waals surface area (Å²) in [5.74, 6) is -4.47. The molecule has 2 rings (SSSR count). The van der Waals surface area contributed by atoms with Gasteiger partial charge in [0.25, 0.3) is 0 Å². The summed E-state index contributed by atoms with van der Waals surface area (Å²) in [5, 5.41) is 0. The van der Waals surface area contributed by atoms with E-state index in [1.54, 1.807) is 12.1 Å². The topological polar surface area (TPSA) is 77.5 Å². The number of Topliss-reactive ketones (excluding diaryl/α,β-unsaturated/α-hetero) is 1. The number of carbonyl (C=O) groups is 2. The summed E-state index contributed by atoms with van der Waals surface area (Å²) in [5.41, 5.74) is 1.42. The molecule has 0 unspecified atom stereocenters. The van der Waals surface area contributed by atoms with Crippen molar-refractivity contribution in [1.82, 2.24) is 0 Å².